The molecule has 4 aromatic rings. The molecule has 2 N–H and O–H groups in total. The third kappa shape index (κ3) is 5.32. The standard InChI is InChI=1S/C22H20F3N5O2S/c1-13-11-15(32-22(23,24)25)3-4-17(13)28-20-16(6-9-31)19(12-14(2)27-20)30-8-5-18(29-30)21-26-7-10-33-21/h3-5,7-8,10-12,31H,6,9H2,1-2H3,(H,27,28). The number of nitrogens with zero attached hydrogens (tertiary/aromatic N) is 4. The van der Waals surface area contributed by atoms with Crippen molar-refractivity contribution in [2.24, 2.45) is 0 Å². The van der Waals surface area contributed by atoms with E-state index >= 15 is 0 Å². The van der Waals surface area contributed by atoms with Crippen LogP contribution in [-0.4, -0.2) is 37.8 Å². The highest BCUT2D eigenvalue weighted by Gasteiger charge is 2.31. The second-order valence-electron chi connectivity index (χ2n) is 7.22. The van der Waals surface area contributed by atoms with Crippen LogP contribution in [0, 0.1) is 13.8 Å². The van der Waals surface area contributed by atoms with Crippen molar-refractivity contribution >= 4 is 22.8 Å². The lowest BCUT2D eigenvalue weighted by atomic mass is 10.1. The first kappa shape index (κ1) is 22.7. The lowest BCUT2D eigenvalue weighted by molar-refractivity contribution is -0.274. The van der Waals surface area contributed by atoms with Gasteiger partial charge in [-0.25, -0.2) is 14.6 Å². The number of thiazole rings is 1. The van der Waals surface area contributed by atoms with Crippen LogP contribution in [0.15, 0.2) is 48.1 Å². The zero-order valence-corrected chi connectivity index (χ0v) is 18.5. The van der Waals surface area contributed by atoms with Crippen LogP contribution in [-0.2, 0) is 6.42 Å². The fourth-order valence-corrected chi connectivity index (χ4v) is 3.97. The molecule has 0 fully saturated rings. The maximum atomic E-state index is 12.5. The number of hydrogen-bond acceptors (Lipinski definition) is 7. The number of aliphatic hydroxyl groups excluding tert-OH is 1. The molecular formula is C22H20F3N5O2S. The third-order valence-electron chi connectivity index (χ3n) is 4.76. The molecule has 11 heteroatoms. The lowest BCUT2D eigenvalue weighted by Gasteiger charge is -2.18. The minimum Gasteiger partial charge on any atom is -0.406 e. The van der Waals surface area contributed by atoms with Crippen LogP contribution in [0.25, 0.3) is 16.4 Å². The molecule has 0 aliphatic heterocycles. The Hall–Kier alpha value is -3.44. The molecule has 0 spiro atoms. The van der Waals surface area contributed by atoms with Crippen molar-refractivity contribution in [1.82, 2.24) is 19.7 Å². The average molecular weight is 475 g/mol. The molecule has 0 radical (unpaired) electrons. The monoisotopic (exact) mass is 475 g/mol. The van der Waals surface area contributed by atoms with Gasteiger partial charge in [0.2, 0.25) is 0 Å². The molecule has 0 atom stereocenters. The van der Waals surface area contributed by atoms with Crippen molar-refractivity contribution in [1.29, 1.82) is 0 Å². The number of halogens is 3. The summed E-state index contributed by atoms with van der Waals surface area (Å²) in [5, 5.41) is 20.2. The maximum Gasteiger partial charge on any atom is 0.573 e. The van der Waals surface area contributed by atoms with Crippen molar-refractivity contribution in [2.45, 2.75) is 26.6 Å². The molecule has 0 aliphatic rings. The Balaban J connectivity index is 1.70. The minimum atomic E-state index is -4.76. The normalized spacial score (nSPS) is 11.6. The Morgan fingerprint density at radius 1 is 1.18 bits per heavy atom. The van der Waals surface area contributed by atoms with Crippen LogP contribution < -0.4 is 10.1 Å². The predicted molar refractivity (Wildman–Crippen MR) is 119 cm³/mol. The number of pyridine rings is 1. The summed E-state index contributed by atoms with van der Waals surface area (Å²) in [6.45, 7) is 3.38. The van der Waals surface area contributed by atoms with E-state index in [0.29, 0.717) is 34.7 Å². The first-order valence-corrected chi connectivity index (χ1v) is 10.8. The molecule has 4 rings (SSSR count). The fourth-order valence-electron chi connectivity index (χ4n) is 3.37. The second-order valence-corrected chi connectivity index (χ2v) is 8.11. The van der Waals surface area contributed by atoms with E-state index < -0.39 is 6.36 Å². The zero-order valence-electron chi connectivity index (χ0n) is 17.7. The molecular weight excluding hydrogens is 455 g/mol. The quantitative estimate of drug-likeness (QED) is 0.383. The van der Waals surface area contributed by atoms with E-state index in [1.807, 2.05) is 30.6 Å². The Bertz CT molecular complexity index is 1260. The van der Waals surface area contributed by atoms with E-state index in [4.69, 9.17) is 0 Å². The van der Waals surface area contributed by atoms with Crippen LogP contribution in [0.3, 0.4) is 0 Å². The number of nitrogens with one attached hydrogen (secondary N) is 1. The summed E-state index contributed by atoms with van der Waals surface area (Å²) in [5.41, 5.74) is 3.98. The van der Waals surface area contributed by atoms with Crippen molar-refractivity contribution in [2.75, 3.05) is 11.9 Å². The summed E-state index contributed by atoms with van der Waals surface area (Å²) in [7, 11) is 0. The highest BCUT2D eigenvalue weighted by molar-refractivity contribution is 7.13. The van der Waals surface area contributed by atoms with Gasteiger partial charge in [0.25, 0.3) is 0 Å². The molecule has 3 heterocycles. The minimum absolute atomic E-state index is 0.121. The number of benzene rings is 1. The molecule has 0 bridgehead atoms. The van der Waals surface area contributed by atoms with Gasteiger partial charge in [0.1, 0.15) is 22.3 Å². The lowest BCUT2D eigenvalue weighted by Crippen LogP contribution is -2.17. The number of aryl methyl sites for hydroxylation is 2. The van der Waals surface area contributed by atoms with Crippen LogP contribution in [0.5, 0.6) is 5.75 Å². The largest absolute Gasteiger partial charge is 0.573 e. The van der Waals surface area contributed by atoms with Gasteiger partial charge in [-0.3, -0.25) is 0 Å². The first-order valence-electron chi connectivity index (χ1n) is 9.94. The number of alkyl halides is 3. The van der Waals surface area contributed by atoms with Crippen LogP contribution >= 0.6 is 11.3 Å². The average Bonchev–Trinajstić information content (AvgIpc) is 3.42. The Morgan fingerprint density at radius 2 is 2.00 bits per heavy atom. The number of aromatic nitrogens is 4. The molecule has 1 aromatic carbocycles. The van der Waals surface area contributed by atoms with Gasteiger partial charge in [-0.15, -0.1) is 24.5 Å². The van der Waals surface area contributed by atoms with Crippen molar-refractivity contribution in [3.63, 3.8) is 0 Å². The molecule has 0 unspecified atom stereocenters. The molecule has 0 aliphatic carbocycles. The molecule has 33 heavy (non-hydrogen) atoms. The maximum absolute atomic E-state index is 12.5. The van der Waals surface area contributed by atoms with Crippen LogP contribution in [0.4, 0.5) is 24.7 Å². The van der Waals surface area contributed by atoms with Gasteiger partial charge < -0.3 is 15.2 Å². The number of hydrogen-bond donors (Lipinski definition) is 2. The highest BCUT2D eigenvalue weighted by atomic mass is 32.1. The molecule has 0 saturated heterocycles. The SMILES string of the molecule is Cc1cc(-n2ccc(-c3nccs3)n2)c(CCO)c(Nc2ccc(OC(F)(F)F)cc2C)n1. The van der Waals surface area contributed by atoms with Crippen LogP contribution in [0.1, 0.15) is 16.8 Å². The summed E-state index contributed by atoms with van der Waals surface area (Å²) in [6, 6.07) is 7.75. The first-order chi connectivity index (χ1) is 15.7. The van der Waals surface area contributed by atoms with Crippen LogP contribution in [0.2, 0.25) is 0 Å². The van der Waals surface area contributed by atoms with Gasteiger partial charge in [0.15, 0.2) is 0 Å². The van der Waals surface area contributed by atoms with E-state index in [1.54, 1.807) is 17.8 Å². The third-order valence-corrected chi connectivity index (χ3v) is 5.56. The van der Waals surface area contributed by atoms with E-state index in [0.717, 1.165) is 16.4 Å². The summed E-state index contributed by atoms with van der Waals surface area (Å²) in [6.07, 6.45) is -0.942. The fraction of sp³-hybridized carbons (Fsp3) is 0.227. The highest BCUT2D eigenvalue weighted by Crippen LogP contribution is 2.31. The van der Waals surface area contributed by atoms with Gasteiger partial charge in [-0.2, -0.15) is 5.10 Å². The molecule has 0 amide bonds. The molecule has 172 valence electrons. The number of ether oxygens (including phenoxy) is 1. The molecule has 3 aromatic heterocycles. The van der Waals surface area contributed by atoms with E-state index in [2.05, 4.69) is 25.1 Å². The topological polar surface area (TPSA) is 85.1 Å². The summed E-state index contributed by atoms with van der Waals surface area (Å²) in [5.74, 6) is 0.184. The Morgan fingerprint density at radius 3 is 2.67 bits per heavy atom. The van der Waals surface area contributed by atoms with Gasteiger partial charge in [0.05, 0.1) is 5.69 Å². The Kier molecular flexibility index (Phi) is 6.34. The second kappa shape index (κ2) is 9.20. The predicted octanol–water partition coefficient (Wildman–Crippen LogP) is 5.18. The smallest absolute Gasteiger partial charge is 0.406 e. The van der Waals surface area contributed by atoms with Crippen molar-refractivity contribution in [3.05, 3.63) is 64.9 Å². The molecule has 7 nitrogen and oxygen atoms in total. The zero-order chi connectivity index (χ0) is 23.6. The number of rotatable bonds is 7. The summed E-state index contributed by atoms with van der Waals surface area (Å²) < 4.78 is 43.2. The molecule has 0 saturated carbocycles. The van der Waals surface area contributed by atoms with E-state index in [1.165, 1.54) is 29.5 Å². The van der Waals surface area contributed by atoms with E-state index in [-0.39, 0.29) is 12.4 Å². The van der Waals surface area contributed by atoms with Gasteiger partial charge in [0, 0.05) is 47.7 Å². The van der Waals surface area contributed by atoms with Crippen molar-refractivity contribution in [3.8, 4) is 22.1 Å². The van der Waals surface area contributed by atoms with Gasteiger partial charge >= 0.3 is 6.36 Å². The summed E-state index contributed by atoms with van der Waals surface area (Å²) in [4.78, 5) is 8.85. The van der Waals surface area contributed by atoms with Crippen molar-refractivity contribution < 1.29 is 23.0 Å². The van der Waals surface area contributed by atoms with Gasteiger partial charge in [-0.05, 0) is 49.7 Å². The number of anilines is 2. The number of aliphatic hydroxyl groups is 1. The Labute approximate surface area is 191 Å². The van der Waals surface area contributed by atoms with Gasteiger partial charge in [-0.1, -0.05) is 0 Å². The van der Waals surface area contributed by atoms with E-state index in [9.17, 15) is 18.3 Å². The summed E-state index contributed by atoms with van der Waals surface area (Å²) >= 11 is 1.48.